The van der Waals surface area contributed by atoms with Crippen LogP contribution in [-0.4, -0.2) is 37.6 Å². The highest BCUT2D eigenvalue weighted by Gasteiger charge is 2.28. The number of thiophene rings is 1. The van der Waals surface area contributed by atoms with Crippen molar-refractivity contribution in [3.8, 4) is 0 Å². The van der Waals surface area contributed by atoms with E-state index < -0.39 is 21.8 Å². The molecule has 0 bridgehead atoms. The van der Waals surface area contributed by atoms with Gasteiger partial charge in [-0.15, -0.1) is 11.3 Å². The summed E-state index contributed by atoms with van der Waals surface area (Å²) in [4.78, 5) is 24.5. The minimum absolute atomic E-state index is 0.0553. The van der Waals surface area contributed by atoms with E-state index in [-0.39, 0.29) is 15.5 Å². The number of halogens is 1. The van der Waals surface area contributed by atoms with Gasteiger partial charge in [-0.3, -0.25) is 20.4 Å². The van der Waals surface area contributed by atoms with Crippen molar-refractivity contribution in [3.63, 3.8) is 0 Å². The molecular weight excluding hydrogens is 410 g/mol. The maximum Gasteiger partial charge on any atom is 0.279 e. The van der Waals surface area contributed by atoms with E-state index >= 15 is 0 Å². The molecule has 0 atom stereocenters. The quantitative estimate of drug-likeness (QED) is 0.733. The average molecular weight is 428 g/mol. The lowest BCUT2D eigenvalue weighted by atomic mass is 10.2. The second-order valence-electron chi connectivity index (χ2n) is 6.00. The van der Waals surface area contributed by atoms with Crippen LogP contribution in [0.1, 0.15) is 39.3 Å². The lowest BCUT2D eigenvalue weighted by Gasteiger charge is -2.26. The van der Waals surface area contributed by atoms with Crippen LogP contribution in [0.3, 0.4) is 0 Å². The number of amides is 2. The Morgan fingerprint density at radius 2 is 1.74 bits per heavy atom. The first-order chi connectivity index (χ1) is 12.9. The molecule has 0 unspecified atom stereocenters. The molecule has 3 rings (SSSR count). The molecule has 0 spiro atoms. The molecule has 2 amide bonds. The van der Waals surface area contributed by atoms with E-state index in [0.717, 1.165) is 19.3 Å². The lowest BCUT2D eigenvalue weighted by Crippen LogP contribution is -2.41. The number of nitrogens with zero attached hydrogens (tertiary/aromatic N) is 1. The Morgan fingerprint density at radius 1 is 1.04 bits per heavy atom. The number of benzene rings is 1. The van der Waals surface area contributed by atoms with Crippen molar-refractivity contribution in [2.75, 3.05) is 13.1 Å². The lowest BCUT2D eigenvalue weighted by molar-refractivity contribution is 0.0849. The fraction of sp³-hybridized carbons (Fsp3) is 0.294. The third-order valence-corrected chi connectivity index (χ3v) is 7.41. The number of sulfonamides is 1. The van der Waals surface area contributed by atoms with Gasteiger partial charge in [0.2, 0.25) is 10.0 Å². The van der Waals surface area contributed by atoms with E-state index in [4.69, 9.17) is 11.6 Å². The van der Waals surface area contributed by atoms with Crippen LogP contribution in [0, 0.1) is 0 Å². The Hall–Kier alpha value is -1.94. The van der Waals surface area contributed by atoms with Gasteiger partial charge in [0.1, 0.15) is 4.90 Å². The molecule has 1 aliphatic heterocycles. The summed E-state index contributed by atoms with van der Waals surface area (Å²) in [6.07, 6.45) is 2.59. The van der Waals surface area contributed by atoms with Crippen LogP contribution in [0.15, 0.2) is 40.6 Å². The van der Waals surface area contributed by atoms with Crippen LogP contribution in [-0.2, 0) is 10.0 Å². The van der Waals surface area contributed by atoms with E-state index in [9.17, 15) is 18.0 Å². The summed E-state index contributed by atoms with van der Waals surface area (Å²) in [6, 6.07) is 7.35. The summed E-state index contributed by atoms with van der Waals surface area (Å²) in [5.41, 5.74) is 4.66. The van der Waals surface area contributed by atoms with Crippen molar-refractivity contribution in [3.05, 3.63) is 51.2 Å². The predicted molar refractivity (Wildman–Crippen MR) is 103 cm³/mol. The molecular formula is C17H18ClN3O4S2. The van der Waals surface area contributed by atoms with E-state index in [1.807, 2.05) is 0 Å². The van der Waals surface area contributed by atoms with Gasteiger partial charge in [0, 0.05) is 18.7 Å². The Bertz CT molecular complexity index is 939. The molecule has 1 aliphatic rings. The first-order valence-electron chi connectivity index (χ1n) is 8.33. The Morgan fingerprint density at radius 3 is 2.41 bits per heavy atom. The summed E-state index contributed by atoms with van der Waals surface area (Å²) in [5, 5.41) is 1.80. The van der Waals surface area contributed by atoms with Gasteiger partial charge in [-0.2, -0.15) is 4.31 Å². The highest BCUT2D eigenvalue weighted by atomic mass is 35.5. The number of piperidine rings is 1. The zero-order chi connectivity index (χ0) is 19.4. The molecule has 144 valence electrons. The molecule has 27 heavy (non-hydrogen) atoms. The maximum absolute atomic E-state index is 12.8. The summed E-state index contributed by atoms with van der Waals surface area (Å²) in [5.74, 6) is -1.08. The molecule has 0 radical (unpaired) electrons. The van der Waals surface area contributed by atoms with Gasteiger partial charge in [-0.1, -0.05) is 24.1 Å². The first-order valence-corrected chi connectivity index (χ1v) is 11.0. The molecule has 0 aliphatic carbocycles. The van der Waals surface area contributed by atoms with E-state index in [0.29, 0.717) is 18.0 Å². The summed E-state index contributed by atoms with van der Waals surface area (Å²) in [7, 11) is -3.78. The van der Waals surface area contributed by atoms with Crippen molar-refractivity contribution in [2.24, 2.45) is 0 Å². The number of rotatable bonds is 4. The minimum Gasteiger partial charge on any atom is -0.267 e. The first kappa shape index (κ1) is 19.8. The maximum atomic E-state index is 12.8. The third-order valence-electron chi connectivity index (χ3n) is 4.16. The van der Waals surface area contributed by atoms with Crippen LogP contribution in [0.4, 0.5) is 0 Å². The van der Waals surface area contributed by atoms with Gasteiger partial charge in [0.15, 0.2) is 0 Å². The molecule has 2 N–H and O–H groups in total. The molecule has 2 aromatic rings. The number of nitrogens with one attached hydrogen (secondary N) is 2. The van der Waals surface area contributed by atoms with Crippen molar-refractivity contribution in [1.82, 2.24) is 15.2 Å². The molecule has 0 saturated carbocycles. The third kappa shape index (κ3) is 4.49. The smallest absolute Gasteiger partial charge is 0.267 e. The van der Waals surface area contributed by atoms with E-state index in [1.54, 1.807) is 17.5 Å². The van der Waals surface area contributed by atoms with Crippen LogP contribution in [0.2, 0.25) is 5.02 Å². The second-order valence-corrected chi connectivity index (χ2v) is 9.26. The van der Waals surface area contributed by atoms with Crippen molar-refractivity contribution in [1.29, 1.82) is 0 Å². The second kappa shape index (κ2) is 8.39. The van der Waals surface area contributed by atoms with E-state index in [1.165, 1.54) is 33.8 Å². The Kier molecular flexibility index (Phi) is 6.15. The fourth-order valence-corrected chi connectivity index (χ4v) is 5.38. The summed E-state index contributed by atoms with van der Waals surface area (Å²) >= 11 is 7.33. The van der Waals surface area contributed by atoms with Crippen LogP contribution < -0.4 is 10.9 Å². The molecule has 1 aromatic carbocycles. The molecule has 10 heteroatoms. The monoisotopic (exact) mass is 427 g/mol. The highest BCUT2D eigenvalue weighted by molar-refractivity contribution is 7.89. The standard InChI is InChI=1S/C17H18ClN3O4S2/c18-13-7-6-12(16(22)19-20-17(23)14-5-4-10-26-14)11-15(13)27(24,25)21-8-2-1-3-9-21/h4-7,10-11H,1-3,8-9H2,(H,19,22)(H,20,23). The summed E-state index contributed by atoms with van der Waals surface area (Å²) < 4.78 is 27.1. The molecule has 1 aromatic heterocycles. The van der Waals surface area contributed by atoms with Gasteiger partial charge in [-0.05, 0) is 42.5 Å². The summed E-state index contributed by atoms with van der Waals surface area (Å²) in [6.45, 7) is 0.873. The van der Waals surface area contributed by atoms with Crippen molar-refractivity contribution in [2.45, 2.75) is 24.2 Å². The normalized spacial score (nSPS) is 15.3. The van der Waals surface area contributed by atoms with Crippen LogP contribution in [0.25, 0.3) is 0 Å². The highest BCUT2D eigenvalue weighted by Crippen LogP contribution is 2.27. The van der Waals surface area contributed by atoms with Crippen molar-refractivity contribution >= 4 is 44.8 Å². The number of hydrogen-bond donors (Lipinski definition) is 2. The number of carbonyl (C=O) groups is 2. The van der Waals surface area contributed by atoms with Crippen LogP contribution >= 0.6 is 22.9 Å². The zero-order valence-corrected chi connectivity index (χ0v) is 16.7. The molecule has 7 nitrogen and oxygen atoms in total. The van der Waals surface area contributed by atoms with Crippen molar-refractivity contribution < 1.29 is 18.0 Å². The zero-order valence-electron chi connectivity index (χ0n) is 14.3. The topological polar surface area (TPSA) is 95.6 Å². The number of hydrazine groups is 1. The molecule has 1 fully saturated rings. The number of carbonyl (C=O) groups excluding carboxylic acids is 2. The van der Waals surface area contributed by atoms with Crippen LogP contribution in [0.5, 0.6) is 0 Å². The van der Waals surface area contributed by atoms with Gasteiger partial charge in [-0.25, -0.2) is 8.42 Å². The Balaban J connectivity index is 1.76. The predicted octanol–water partition coefficient (Wildman–Crippen LogP) is 2.65. The minimum atomic E-state index is -3.78. The van der Waals surface area contributed by atoms with E-state index in [2.05, 4.69) is 10.9 Å². The Labute approximate surface area is 166 Å². The number of hydrogen-bond acceptors (Lipinski definition) is 5. The SMILES string of the molecule is O=C(NNC(=O)c1cccs1)c1ccc(Cl)c(S(=O)(=O)N2CCCCC2)c1. The molecule has 1 saturated heterocycles. The van der Waals surface area contributed by atoms with Gasteiger partial charge >= 0.3 is 0 Å². The fourth-order valence-electron chi connectivity index (χ4n) is 2.74. The average Bonchev–Trinajstić information content (AvgIpc) is 3.21. The van der Waals surface area contributed by atoms with Gasteiger partial charge < -0.3 is 0 Å². The largest absolute Gasteiger partial charge is 0.279 e. The van der Waals surface area contributed by atoms with Gasteiger partial charge in [0.05, 0.1) is 9.90 Å². The molecule has 2 heterocycles. The van der Waals surface area contributed by atoms with Gasteiger partial charge in [0.25, 0.3) is 11.8 Å².